The molecular formula is C11H15NO3. The van der Waals surface area contributed by atoms with Gasteiger partial charge in [0.2, 0.25) is 0 Å². The smallest absolute Gasteiger partial charge is 0.251 e. The molecule has 0 heterocycles. The summed E-state index contributed by atoms with van der Waals surface area (Å²) in [5.41, 5.74) is 0.416. The molecule has 1 aromatic rings. The Hall–Kier alpha value is -1.55. The molecule has 4 nitrogen and oxygen atoms in total. The van der Waals surface area contributed by atoms with E-state index in [0.29, 0.717) is 12.0 Å². The van der Waals surface area contributed by atoms with E-state index in [1.807, 2.05) is 6.92 Å². The molecule has 0 aliphatic heterocycles. The summed E-state index contributed by atoms with van der Waals surface area (Å²) in [6.45, 7) is 1.86. The number of phenolic OH excluding ortho intramolecular Hbond substituents is 1. The van der Waals surface area contributed by atoms with E-state index in [2.05, 4.69) is 5.32 Å². The van der Waals surface area contributed by atoms with Gasteiger partial charge in [0.15, 0.2) is 0 Å². The topological polar surface area (TPSA) is 69.6 Å². The summed E-state index contributed by atoms with van der Waals surface area (Å²) < 4.78 is 0. The molecule has 1 amide bonds. The van der Waals surface area contributed by atoms with Crippen molar-refractivity contribution in [2.45, 2.75) is 19.4 Å². The third-order valence-electron chi connectivity index (χ3n) is 2.05. The number of rotatable bonds is 4. The van der Waals surface area contributed by atoms with E-state index in [1.54, 1.807) is 12.1 Å². The maximum atomic E-state index is 11.6. The summed E-state index contributed by atoms with van der Waals surface area (Å²) >= 11 is 0. The number of amides is 1. The zero-order valence-corrected chi connectivity index (χ0v) is 8.60. The Kier molecular flexibility index (Phi) is 4.12. The first-order chi connectivity index (χ1) is 7.13. The Morgan fingerprint density at radius 3 is 2.87 bits per heavy atom. The van der Waals surface area contributed by atoms with Crippen LogP contribution in [0.1, 0.15) is 23.7 Å². The predicted octanol–water partition coefficient (Wildman–Crippen LogP) is 0.893. The first-order valence-corrected chi connectivity index (χ1v) is 4.84. The normalized spacial score (nSPS) is 12.1. The van der Waals surface area contributed by atoms with E-state index in [9.17, 15) is 9.90 Å². The monoisotopic (exact) mass is 209 g/mol. The van der Waals surface area contributed by atoms with Crippen LogP contribution in [0.3, 0.4) is 0 Å². The van der Waals surface area contributed by atoms with Crippen LogP contribution >= 0.6 is 0 Å². The minimum absolute atomic E-state index is 0.0431. The Bertz CT molecular complexity index is 338. The molecule has 1 unspecified atom stereocenters. The van der Waals surface area contributed by atoms with Crippen LogP contribution in [0.15, 0.2) is 24.3 Å². The van der Waals surface area contributed by atoms with Gasteiger partial charge in [0.25, 0.3) is 5.91 Å². The fraction of sp³-hybridized carbons (Fsp3) is 0.364. The van der Waals surface area contributed by atoms with Gasteiger partial charge in [0, 0.05) is 18.2 Å². The summed E-state index contributed by atoms with van der Waals surface area (Å²) in [6, 6.07) is 6.07. The van der Waals surface area contributed by atoms with E-state index in [-0.39, 0.29) is 24.3 Å². The van der Waals surface area contributed by atoms with Crippen molar-refractivity contribution in [2.75, 3.05) is 6.61 Å². The molecule has 15 heavy (non-hydrogen) atoms. The molecule has 1 atom stereocenters. The average molecular weight is 209 g/mol. The van der Waals surface area contributed by atoms with Crippen LogP contribution in [0.2, 0.25) is 0 Å². The van der Waals surface area contributed by atoms with E-state index in [0.717, 1.165) is 0 Å². The number of benzene rings is 1. The third-order valence-corrected chi connectivity index (χ3v) is 2.05. The second-order valence-electron chi connectivity index (χ2n) is 3.44. The number of hydrogen-bond donors (Lipinski definition) is 3. The van der Waals surface area contributed by atoms with E-state index >= 15 is 0 Å². The quantitative estimate of drug-likeness (QED) is 0.689. The summed E-state index contributed by atoms with van der Waals surface area (Å²) in [5.74, 6) is -0.177. The lowest BCUT2D eigenvalue weighted by molar-refractivity contribution is 0.0934. The number of carbonyl (C=O) groups is 1. The van der Waals surface area contributed by atoms with Crippen molar-refractivity contribution in [3.63, 3.8) is 0 Å². The number of phenols is 1. The van der Waals surface area contributed by atoms with Crippen molar-refractivity contribution in [3.05, 3.63) is 29.8 Å². The maximum Gasteiger partial charge on any atom is 0.251 e. The highest BCUT2D eigenvalue weighted by molar-refractivity contribution is 5.94. The molecule has 1 aromatic carbocycles. The second-order valence-corrected chi connectivity index (χ2v) is 3.44. The van der Waals surface area contributed by atoms with E-state index in [1.165, 1.54) is 12.1 Å². The minimum atomic E-state index is -0.244. The van der Waals surface area contributed by atoms with Crippen molar-refractivity contribution in [1.82, 2.24) is 5.32 Å². The highest BCUT2D eigenvalue weighted by Gasteiger charge is 2.09. The maximum absolute atomic E-state index is 11.6. The van der Waals surface area contributed by atoms with Crippen LogP contribution in [0.4, 0.5) is 0 Å². The number of carbonyl (C=O) groups excluding carboxylic acids is 1. The van der Waals surface area contributed by atoms with Gasteiger partial charge in [0.1, 0.15) is 5.75 Å². The van der Waals surface area contributed by atoms with E-state index in [4.69, 9.17) is 5.11 Å². The van der Waals surface area contributed by atoms with Crippen molar-refractivity contribution < 1.29 is 15.0 Å². The molecule has 1 rings (SSSR count). The Morgan fingerprint density at radius 2 is 2.27 bits per heavy atom. The van der Waals surface area contributed by atoms with Crippen LogP contribution in [-0.2, 0) is 0 Å². The highest BCUT2D eigenvalue weighted by atomic mass is 16.3. The van der Waals surface area contributed by atoms with Crippen molar-refractivity contribution in [1.29, 1.82) is 0 Å². The van der Waals surface area contributed by atoms with Gasteiger partial charge in [-0.1, -0.05) is 6.07 Å². The molecule has 0 radical (unpaired) electrons. The number of aliphatic hydroxyl groups is 1. The van der Waals surface area contributed by atoms with Gasteiger partial charge >= 0.3 is 0 Å². The van der Waals surface area contributed by atoms with Gasteiger partial charge in [0.05, 0.1) is 0 Å². The molecule has 0 aliphatic rings. The highest BCUT2D eigenvalue weighted by Crippen LogP contribution is 2.10. The summed E-state index contributed by atoms with van der Waals surface area (Å²) in [7, 11) is 0. The fourth-order valence-electron chi connectivity index (χ4n) is 1.22. The number of nitrogens with one attached hydrogen (secondary N) is 1. The van der Waals surface area contributed by atoms with Crippen LogP contribution in [0.5, 0.6) is 5.75 Å². The standard InChI is InChI=1S/C11H15NO3/c1-8(5-6-13)12-11(15)9-3-2-4-10(14)7-9/h2-4,7-8,13-14H,5-6H2,1H3,(H,12,15). The number of aromatic hydroxyl groups is 1. The molecule has 0 spiro atoms. The lowest BCUT2D eigenvalue weighted by Gasteiger charge is -2.12. The molecule has 0 bridgehead atoms. The van der Waals surface area contributed by atoms with Crippen LogP contribution in [-0.4, -0.2) is 28.8 Å². The molecular weight excluding hydrogens is 194 g/mol. The molecule has 3 N–H and O–H groups in total. The van der Waals surface area contributed by atoms with Crippen LogP contribution in [0, 0.1) is 0 Å². The Morgan fingerprint density at radius 1 is 1.53 bits per heavy atom. The van der Waals surface area contributed by atoms with Crippen molar-refractivity contribution >= 4 is 5.91 Å². The number of aliphatic hydroxyl groups excluding tert-OH is 1. The lowest BCUT2D eigenvalue weighted by Crippen LogP contribution is -2.33. The molecule has 0 fully saturated rings. The average Bonchev–Trinajstić information content (AvgIpc) is 2.18. The molecule has 82 valence electrons. The predicted molar refractivity (Wildman–Crippen MR) is 56.7 cm³/mol. The van der Waals surface area contributed by atoms with Crippen molar-refractivity contribution in [2.24, 2.45) is 0 Å². The lowest BCUT2D eigenvalue weighted by atomic mass is 10.1. The largest absolute Gasteiger partial charge is 0.508 e. The Labute approximate surface area is 88.6 Å². The van der Waals surface area contributed by atoms with Gasteiger partial charge in [-0.3, -0.25) is 4.79 Å². The SMILES string of the molecule is CC(CCO)NC(=O)c1cccc(O)c1. The minimum Gasteiger partial charge on any atom is -0.508 e. The van der Waals surface area contributed by atoms with Gasteiger partial charge in [-0.05, 0) is 31.5 Å². The second kappa shape index (κ2) is 5.36. The molecule has 0 saturated carbocycles. The first-order valence-electron chi connectivity index (χ1n) is 4.84. The van der Waals surface area contributed by atoms with Gasteiger partial charge < -0.3 is 15.5 Å². The molecule has 4 heteroatoms. The molecule has 0 saturated heterocycles. The fourth-order valence-corrected chi connectivity index (χ4v) is 1.22. The Balaban J connectivity index is 2.61. The van der Waals surface area contributed by atoms with Crippen molar-refractivity contribution in [3.8, 4) is 5.75 Å². The van der Waals surface area contributed by atoms with E-state index < -0.39 is 0 Å². The summed E-state index contributed by atoms with van der Waals surface area (Å²) in [6.07, 6.45) is 0.518. The summed E-state index contributed by atoms with van der Waals surface area (Å²) in [5, 5.41) is 20.6. The number of hydrogen-bond acceptors (Lipinski definition) is 3. The van der Waals surface area contributed by atoms with Crippen LogP contribution < -0.4 is 5.32 Å². The van der Waals surface area contributed by atoms with Crippen LogP contribution in [0.25, 0.3) is 0 Å². The third kappa shape index (κ3) is 3.59. The van der Waals surface area contributed by atoms with Gasteiger partial charge in [-0.2, -0.15) is 0 Å². The zero-order valence-electron chi connectivity index (χ0n) is 8.60. The zero-order chi connectivity index (χ0) is 11.3. The van der Waals surface area contributed by atoms with Gasteiger partial charge in [-0.15, -0.1) is 0 Å². The molecule has 0 aliphatic carbocycles. The molecule has 0 aromatic heterocycles. The summed E-state index contributed by atoms with van der Waals surface area (Å²) in [4.78, 5) is 11.6. The first kappa shape index (κ1) is 11.5. The van der Waals surface area contributed by atoms with Gasteiger partial charge in [-0.25, -0.2) is 0 Å².